The van der Waals surface area contributed by atoms with E-state index in [1.807, 2.05) is 58.9 Å². The summed E-state index contributed by atoms with van der Waals surface area (Å²) in [4.78, 5) is 41.9. The van der Waals surface area contributed by atoms with Gasteiger partial charge in [0.15, 0.2) is 0 Å². The molecule has 6 heteroatoms. The van der Waals surface area contributed by atoms with Crippen LogP contribution in [-0.4, -0.2) is 53.3 Å². The molecule has 0 spiro atoms. The molecule has 1 aliphatic rings. The lowest BCUT2D eigenvalue weighted by Crippen LogP contribution is -2.47. The van der Waals surface area contributed by atoms with E-state index in [0.29, 0.717) is 0 Å². The van der Waals surface area contributed by atoms with Crippen LogP contribution in [0.5, 0.6) is 0 Å². The Morgan fingerprint density at radius 2 is 1.72 bits per heavy atom. The number of aryl methyl sites for hydroxylation is 1. The van der Waals surface area contributed by atoms with Crippen LogP contribution in [0.2, 0.25) is 0 Å². The lowest BCUT2D eigenvalue weighted by Gasteiger charge is -2.29. The fourth-order valence-corrected chi connectivity index (χ4v) is 2.76. The van der Waals surface area contributed by atoms with E-state index in [0.717, 1.165) is 11.3 Å². The molecular formula is C19H27N3O3. The Kier molecular flexibility index (Phi) is 5.82. The summed E-state index contributed by atoms with van der Waals surface area (Å²) in [5.74, 6) is -0.530. The van der Waals surface area contributed by atoms with Crippen molar-refractivity contribution >= 4 is 23.4 Å². The summed E-state index contributed by atoms with van der Waals surface area (Å²) in [6.45, 7) is 9.68. The van der Waals surface area contributed by atoms with Gasteiger partial charge in [-0.15, -0.1) is 0 Å². The third-order valence-corrected chi connectivity index (χ3v) is 4.34. The highest BCUT2D eigenvalue weighted by Gasteiger charge is 2.33. The van der Waals surface area contributed by atoms with E-state index in [2.05, 4.69) is 0 Å². The molecule has 0 N–H and O–H groups in total. The molecule has 0 saturated carbocycles. The zero-order chi connectivity index (χ0) is 18.7. The molecular weight excluding hydrogens is 318 g/mol. The lowest BCUT2D eigenvalue weighted by atomic mass is 10.1. The summed E-state index contributed by atoms with van der Waals surface area (Å²) < 4.78 is 0. The minimum absolute atomic E-state index is 0.00367. The minimum Gasteiger partial charge on any atom is -0.331 e. The minimum atomic E-state index is -0.203. The summed E-state index contributed by atoms with van der Waals surface area (Å²) >= 11 is 0. The smallest absolute Gasteiger partial charge is 0.248 e. The summed E-state index contributed by atoms with van der Waals surface area (Å²) in [6, 6.07) is 7.57. The standard InChI is InChI=1S/C19H27N3O3/c1-13(2)19(25)21(14(3)4)11-17(23)20-10-18(24)22(12-20)16-8-6-15(5)7-9-16/h6-9,13-14H,10-12H2,1-5H3. The van der Waals surface area contributed by atoms with Crippen LogP contribution in [0.3, 0.4) is 0 Å². The fraction of sp³-hybridized carbons (Fsp3) is 0.526. The van der Waals surface area contributed by atoms with Crippen LogP contribution >= 0.6 is 0 Å². The molecule has 1 saturated heterocycles. The molecule has 0 unspecified atom stereocenters. The summed E-state index contributed by atoms with van der Waals surface area (Å²) in [5, 5.41) is 0. The van der Waals surface area contributed by atoms with Gasteiger partial charge >= 0.3 is 0 Å². The van der Waals surface area contributed by atoms with Gasteiger partial charge in [0, 0.05) is 17.6 Å². The Balaban J connectivity index is 2.06. The third kappa shape index (κ3) is 4.38. The van der Waals surface area contributed by atoms with E-state index in [-0.39, 0.29) is 49.4 Å². The summed E-state index contributed by atoms with van der Waals surface area (Å²) in [5.41, 5.74) is 1.90. The van der Waals surface area contributed by atoms with Crippen molar-refractivity contribution in [3.8, 4) is 0 Å². The van der Waals surface area contributed by atoms with Crippen molar-refractivity contribution in [1.29, 1.82) is 0 Å². The molecule has 6 nitrogen and oxygen atoms in total. The maximum absolute atomic E-state index is 12.6. The van der Waals surface area contributed by atoms with Crippen LogP contribution < -0.4 is 4.90 Å². The van der Waals surface area contributed by atoms with Gasteiger partial charge in [-0.05, 0) is 32.9 Å². The largest absolute Gasteiger partial charge is 0.331 e. The van der Waals surface area contributed by atoms with Gasteiger partial charge in [0.05, 0.1) is 0 Å². The highest BCUT2D eigenvalue weighted by atomic mass is 16.2. The molecule has 25 heavy (non-hydrogen) atoms. The van der Waals surface area contributed by atoms with Crippen molar-refractivity contribution in [2.45, 2.75) is 40.7 Å². The van der Waals surface area contributed by atoms with Crippen LogP contribution in [-0.2, 0) is 14.4 Å². The van der Waals surface area contributed by atoms with E-state index in [4.69, 9.17) is 0 Å². The normalized spacial score (nSPS) is 14.6. The Labute approximate surface area is 149 Å². The Morgan fingerprint density at radius 1 is 1.12 bits per heavy atom. The number of carbonyl (C=O) groups is 3. The van der Waals surface area contributed by atoms with Crippen LogP contribution in [0.25, 0.3) is 0 Å². The molecule has 136 valence electrons. The van der Waals surface area contributed by atoms with E-state index in [9.17, 15) is 14.4 Å². The highest BCUT2D eigenvalue weighted by molar-refractivity contribution is 6.00. The topological polar surface area (TPSA) is 60.9 Å². The molecule has 1 fully saturated rings. The zero-order valence-corrected chi connectivity index (χ0v) is 15.7. The highest BCUT2D eigenvalue weighted by Crippen LogP contribution is 2.20. The first-order chi connectivity index (χ1) is 11.7. The number of amides is 3. The first-order valence-electron chi connectivity index (χ1n) is 8.66. The number of carbonyl (C=O) groups excluding carboxylic acids is 3. The second-order valence-corrected chi connectivity index (χ2v) is 7.11. The predicted octanol–water partition coefficient (Wildman–Crippen LogP) is 2.02. The molecule has 2 rings (SSSR count). The van der Waals surface area contributed by atoms with Crippen LogP contribution in [0.15, 0.2) is 24.3 Å². The zero-order valence-electron chi connectivity index (χ0n) is 15.7. The molecule has 0 aromatic heterocycles. The maximum Gasteiger partial charge on any atom is 0.248 e. The van der Waals surface area contributed by atoms with Gasteiger partial charge in [-0.2, -0.15) is 0 Å². The van der Waals surface area contributed by atoms with Crippen LogP contribution in [0.1, 0.15) is 33.3 Å². The average Bonchev–Trinajstić information content (AvgIpc) is 2.94. The number of rotatable bonds is 5. The number of nitrogens with zero attached hydrogens (tertiary/aromatic N) is 3. The van der Waals surface area contributed by atoms with Gasteiger partial charge in [-0.1, -0.05) is 31.5 Å². The van der Waals surface area contributed by atoms with Gasteiger partial charge in [0.2, 0.25) is 17.7 Å². The van der Waals surface area contributed by atoms with Gasteiger partial charge < -0.3 is 9.80 Å². The molecule has 3 amide bonds. The molecule has 0 aliphatic carbocycles. The van der Waals surface area contributed by atoms with Gasteiger partial charge in [0.1, 0.15) is 19.8 Å². The second kappa shape index (κ2) is 7.68. The predicted molar refractivity (Wildman–Crippen MR) is 96.9 cm³/mol. The van der Waals surface area contributed by atoms with Crippen molar-refractivity contribution in [2.24, 2.45) is 5.92 Å². The summed E-state index contributed by atoms with van der Waals surface area (Å²) in [7, 11) is 0. The number of anilines is 1. The average molecular weight is 345 g/mol. The monoisotopic (exact) mass is 345 g/mol. The molecule has 1 aromatic rings. The van der Waals surface area contributed by atoms with Gasteiger partial charge in [-0.3, -0.25) is 19.3 Å². The molecule has 1 heterocycles. The first kappa shape index (κ1) is 19.0. The summed E-state index contributed by atoms with van der Waals surface area (Å²) in [6.07, 6.45) is 0. The number of hydrogen-bond donors (Lipinski definition) is 0. The molecule has 0 radical (unpaired) electrons. The van der Waals surface area contributed by atoms with Crippen molar-refractivity contribution in [3.05, 3.63) is 29.8 Å². The third-order valence-electron chi connectivity index (χ3n) is 4.34. The van der Waals surface area contributed by atoms with Gasteiger partial charge in [0.25, 0.3) is 0 Å². The Hall–Kier alpha value is -2.37. The fourth-order valence-electron chi connectivity index (χ4n) is 2.76. The van der Waals surface area contributed by atoms with Gasteiger partial charge in [-0.25, -0.2) is 0 Å². The molecule has 0 atom stereocenters. The van der Waals surface area contributed by atoms with Crippen molar-refractivity contribution < 1.29 is 14.4 Å². The van der Waals surface area contributed by atoms with Crippen LogP contribution in [0.4, 0.5) is 5.69 Å². The van der Waals surface area contributed by atoms with Crippen molar-refractivity contribution in [2.75, 3.05) is 24.7 Å². The molecule has 1 aromatic carbocycles. The van der Waals surface area contributed by atoms with E-state index < -0.39 is 0 Å². The molecule has 0 bridgehead atoms. The quantitative estimate of drug-likeness (QED) is 0.820. The number of benzene rings is 1. The Morgan fingerprint density at radius 3 is 2.24 bits per heavy atom. The number of hydrogen-bond acceptors (Lipinski definition) is 3. The van der Waals surface area contributed by atoms with E-state index in [1.165, 1.54) is 4.90 Å². The lowest BCUT2D eigenvalue weighted by molar-refractivity contribution is -0.143. The SMILES string of the molecule is Cc1ccc(N2CN(C(=O)CN(C(=O)C(C)C)C(C)C)CC2=O)cc1. The maximum atomic E-state index is 12.6. The van der Waals surface area contributed by atoms with Crippen LogP contribution in [0, 0.1) is 12.8 Å². The van der Waals surface area contributed by atoms with E-state index >= 15 is 0 Å². The first-order valence-corrected chi connectivity index (χ1v) is 8.66. The second-order valence-electron chi connectivity index (χ2n) is 7.11. The molecule has 1 aliphatic heterocycles. The van der Waals surface area contributed by atoms with E-state index in [1.54, 1.807) is 9.80 Å². The van der Waals surface area contributed by atoms with Crippen molar-refractivity contribution in [3.63, 3.8) is 0 Å². The van der Waals surface area contributed by atoms with Crippen molar-refractivity contribution in [1.82, 2.24) is 9.80 Å². The Bertz CT molecular complexity index is 652.